The van der Waals surface area contributed by atoms with E-state index in [9.17, 15) is 0 Å². The van der Waals surface area contributed by atoms with E-state index in [2.05, 4.69) is 75.1 Å². The summed E-state index contributed by atoms with van der Waals surface area (Å²) in [5.41, 5.74) is 7.44. The molecule has 8 nitrogen and oxygen atoms in total. The van der Waals surface area contributed by atoms with Crippen molar-refractivity contribution in [2.75, 3.05) is 35.8 Å². The minimum atomic E-state index is 0.390. The predicted molar refractivity (Wildman–Crippen MR) is 154 cm³/mol. The second kappa shape index (κ2) is 12.2. The molecule has 1 saturated heterocycles. The fourth-order valence-electron chi connectivity index (χ4n) is 4.52. The van der Waals surface area contributed by atoms with Crippen LogP contribution in [-0.4, -0.2) is 41.4 Å². The third-order valence-corrected chi connectivity index (χ3v) is 6.69. The highest BCUT2D eigenvalue weighted by Crippen LogP contribution is 2.26. The van der Waals surface area contributed by atoms with E-state index >= 15 is 0 Å². The zero-order valence-corrected chi connectivity index (χ0v) is 21.8. The molecule has 0 amide bonds. The largest absolute Gasteiger partial charge is 0.497 e. The minimum absolute atomic E-state index is 0.390. The number of hydrogen-bond acceptors (Lipinski definition) is 8. The lowest BCUT2D eigenvalue weighted by Crippen LogP contribution is -2.35. The van der Waals surface area contributed by atoms with E-state index in [0.29, 0.717) is 23.8 Å². The van der Waals surface area contributed by atoms with Crippen LogP contribution in [0.4, 0.5) is 23.5 Å². The number of methoxy groups -OCH3 is 1. The van der Waals surface area contributed by atoms with Gasteiger partial charge < -0.3 is 15.0 Å². The molecule has 1 fully saturated rings. The highest BCUT2D eigenvalue weighted by Gasteiger charge is 2.22. The minimum Gasteiger partial charge on any atom is -0.497 e. The quantitative estimate of drug-likeness (QED) is 0.217. The van der Waals surface area contributed by atoms with Gasteiger partial charge in [0.25, 0.3) is 0 Å². The van der Waals surface area contributed by atoms with E-state index in [0.717, 1.165) is 49.4 Å². The lowest BCUT2D eigenvalue weighted by atomic mass is 9.90. The molecule has 8 heteroatoms. The van der Waals surface area contributed by atoms with E-state index in [4.69, 9.17) is 14.7 Å². The number of piperidine rings is 1. The van der Waals surface area contributed by atoms with Crippen molar-refractivity contribution in [3.8, 4) is 5.75 Å². The lowest BCUT2D eigenvalue weighted by Gasteiger charge is -2.32. The van der Waals surface area contributed by atoms with Gasteiger partial charge in [-0.05, 0) is 79.6 Å². The van der Waals surface area contributed by atoms with E-state index in [1.807, 2.05) is 36.4 Å². The van der Waals surface area contributed by atoms with Crippen molar-refractivity contribution in [1.82, 2.24) is 15.0 Å². The maximum atomic E-state index is 5.22. The van der Waals surface area contributed by atoms with Gasteiger partial charge in [0.05, 0.1) is 13.3 Å². The number of hydrogen-bond donors (Lipinski definition) is 2. The molecule has 5 rings (SSSR count). The van der Waals surface area contributed by atoms with Crippen LogP contribution >= 0.6 is 0 Å². The Labute approximate surface area is 223 Å². The predicted octanol–water partition coefficient (Wildman–Crippen LogP) is 5.84. The maximum absolute atomic E-state index is 5.22. The number of benzene rings is 3. The molecule has 0 aliphatic carbocycles. The summed E-state index contributed by atoms with van der Waals surface area (Å²) >= 11 is 0. The van der Waals surface area contributed by atoms with Gasteiger partial charge in [-0.15, -0.1) is 0 Å². The summed E-state index contributed by atoms with van der Waals surface area (Å²) in [6, 6.07) is 26.5. The van der Waals surface area contributed by atoms with Gasteiger partial charge in [0.2, 0.25) is 17.8 Å². The van der Waals surface area contributed by atoms with E-state index in [-0.39, 0.29) is 0 Å². The first-order valence-corrected chi connectivity index (χ1v) is 13.0. The molecular weight excluding hydrogens is 474 g/mol. The smallest absolute Gasteiger partial charge is 0.250 e. The molecule has 4 aromatic rings. The van der Waals surface area contributed by atoms with Crippen LogP contribution in [0.3, 0.4) is 0 Å². The number of nitrogens with zero attached hydrogens (tertiary/aromatic N) is 5. The molecule has 3 aromatic carbocycles. The Morgan fingerprint density at radius 2 is 1.61 bits per heavy atom. The van der Waals surface area contributed by atoms with Gasteiger partial charge in [0.15, 0.2) is 0 Å². The molecule has 1 aliphatic heterocycles. The molecule has 0 unspecified atom stereocenters. The van der Waals surface area contributed by atoms with Crippen molar-refractivity contribution >= 4 is 29.7 Å². The number of anilines is 4. The van der Waals surface area contributed by atoms with Crippen LogP contribution < -0.4 is 20.4 Å². The van der Waals surface area contributed by atoms with E-state index in [1.165, 1.54) is 11.1 Å². The summed E-state index contributed by atoms with van der Waals surface area (Å²) in [7, 11) is 1.65. The number of rotatable bonds is 9. The molecule has 38 heavy (non-hydrogen) atoms. The Balaban J connectivity index is 1.30. The average Bonchev–Trinajstić information content (AvgIpc) is 2.95. The van der Waals surface area contributed by atoms with Crippen molar-refractivity contribution in [2.45, 2.75) is 26.2 Å². The van der Waals surface area contributed by atoms with Gasteiger partial charge in [0.1, 0.15) is 5.75 Å². The zero-order valence-electron chi connectivity index (χ0n) is 21.8. The second-order valence-corrected chi connectivity index (χ2v) is 9.54. The Bertz CT molecular complexity index is 1330. The van der Waals surface area contributed by atoms with Crippen molar-refractivity contribution in [3.63, 3.8) is 0 Å². The van der Waals surface area contributed by atoms with Crippen LogP contribution in [-0.2, 0) is 6.42 Å². The van der Waals surface area contributed by atoms with Crippen molar-refractivity contribution in [3.05, 3.63) is 95.6 Å². The van der Waals surface area contributed by atoms with E-state index < -0.39 is 0 Å². The first-order valence-electron chi connectivity index (χ1n) is 13.0. The fraction of sp³-hybridized carbons (Fsp3) is 0.267. The summed E-state index contributed by atoms with van der Waals surface area (Å²) in [5.74, 6) is 2.98. The first-order chi connectivity index (χ1) is 18.6. The second-order valence-electron chi connectivity index (χ2n) is 9.54. The molecule has 1 aromatic heterocycles. The first kappa shape index (κ1) is 25.2. The monoisotopic (exact) mass is 507 g/mol. The molecule has 194 valence electrons. The fourth-order valence-corrected chi connectivity index (χ4v) is 4.52. The van der Waals surface area contributed by atoms with Crippen molar-refractivity contribution in [1.29, 1.82) is 0 Å². The van der Waals surface area contributed by atoms with Gasteiger partial charge in [-0.2, -0.15) is 20.1 Å². The zero-order chi connectivity index (χ0) is 26.2. The molecular formula is C30H33N7O. The summed E-state index contributed by atoms with van der Waals surface area (Å²) in [4.78, 5) is 16.3. The van der Waals surface area contributed by atoms with E-state index in [1.54, 1.807) is 13.3 Å². The number of aromatic nitrogens is 3. The van der Waals surface area contributed by atoms with Crippen LogP contribution in [0, 0.1) is 12.8 Å². The average molecular weight is 508 g/mol. The molecule has 0 saturated carbocycles. The Hall–Kier alpha value is -4.46. The molecule has 0 radical (unpaired) electrons. The number of aryl methyl sites for hydroxylation is 1. The standard InChI is InChI=1S/C30H33N7O/c1-22-8-12-26(13-9-22)32-28-33-29(36-31-21-25-10-14-27(38-2)15-11-25)35-30(34-28)37-18-16-24(17-19-37)20-23-6-4-3-5-7-23/h3-15,21,24H,16-20H2,1-2H3,(H2,32,33,34,35,36)/b31-21-. The van der Waals surface area contributed by atoms with Crippen LogP contribution in [0.5, 0.6) is 5.75 Å². The van der Waals surface area contributed by atoms with Crippen LogP contribution in [0.1, 0.15) is 29.5 Å². The van der Waals surface area contributed by atoms with Crippen LogP contribution in [0.15, 0.2) is 84.0 Å². The SMILES string of the molecule is COc1ccc(/C=N\Nc2nc(Nc3ccc(C)cc3)nc(N3CCC(Cc4ccccc4)CC3)n2)cc1. The highest BCUT2D eigenvalue weighted by atomic mass is 16.5. The Morgan fingerprint density at radius 3 is 2.32 bits per heavy atom. The highest BCUT2D eigenvalue weighted by molar-refractivity contribution is 5.80. The van der Waals surface area contributed by atoms with Gasteiger partial charge in [-0.25, -0.2) is 5.43 Å². The molecule has 2 N–H and O–H groups in total. The van der Waals surface area contributed by atoms with Crippen LogP contribution in [0.2, 0.25) is 0 Å². The topological polar surface area (TPSA) is 87.6 Å². The normalized spacial score (nSPS) is 14.0. The molecule has 0 atom stereocenters. The Morgan fingerprint density at radius 1 is 0.895 bits per heavy atom. The Kier molecular flexibility index (Phi) is 8.08. The molecule has 0 bridgehead atoms. The van der Waals surface area contributed by atoms with Crippen molar-refractivity contribution < 1.29 is 4.74 Å². The molecule has 2 heterocycles. The molecule has 0 spiro atoms. The third-order valence-electron chi connectivity index (χ3n) is 6.69. The summed E-state index contributed by atoms with van der Waals surface area (Å²) < 4.78 is 5.22. The van der Waals surface area contributed by atoms with Gasteiger partial charge in [-0.1, -0.05) is 48.0 Å². The molecule has 1 aliphatic rings. The number of hydrazone groups is 1. The lowest BCUT2D eigenvalue weighted by molar-refractivity contribution is 0.400. The van der Waals surface area contributed by atoms with Gasteiger partial charge in [-0.3, -0.25) is 0 Å². The maximum Gasteiger partial charge on any atom is 0.250 e. The van der Waals surface area contributed by atoms with Crippen LogP contribution in [0.25, 0.3) is 0 Å². The van der Waals surface area contributed by atoms with Gasteiger partial charge >= 0.3 is 0 Å². The summed E-state index contributed by atoms with van der Waals surface area (Å²) in [5, 5.41) is 7.68. The summed E-state index contributed by atoms with van der Waals surface area (Å²) in [6.45, 7) is 3.87. The van der Waals surface area contributed by atoms with Gasteiger partial charge in [0, 0.05) is 18.8 Å². The number of nitrogens with one attached hydrogen (secondary N) is 2. The third kappa shape index (κ3) is 6.85. The summed E-state index contributed by atoms with van der Waals surface area (Å²) in [6.07, 6.45) is 5.03. The van der Waals surface area contributed by atoms with Crippen molar-refractivity contribution in [2.24, 2.45) is 11.0 Å². The number of ether oxygens (including phenoxy) is 1.